The summed E-state index contributed by atoms with van der Waals surface area (Å²) in [6.45, 7) is 3.64. The Morgan fingerprint density at radius 1 is 1.53 bits per heavy atom. The summed E-state index contributed by atoms with van der Waals surface area (Å²) in [6, 6.07) is 5.95. The number of rotatable bonds is 5. The topological polar surface area (TPSA) is 58.7 Å². The van der Waals surface area contributed by atoms with E-state index in [9.17, 15) is 5.11 Å². The predicted octanol–water partition coefficient (Wildman–Crippen LogP) is 2.07. The summed E-state index contributed by atoms with van der Waals surface area (Å²) < 4.78 is 5.92. The second kappa shape index (κ2) is 6.26. The van der Waals surface area contributed by atoms with E-state index in [4.69, 9.17) is 10.5 Å². The van der Waals surface area contributed by atoms with Crippen LogP contribution >= 0.6 is 0 Å². The molecule has 1 aromatic carbocycles. The number of ether oxygens (including phenoxy) is 1. The van der Waals surface area contributed by atoms with Crippen LogP contribution in [0.25, 0.3) is 0 Å². The van der Waals surface area contributed by atoms with Gasteiger partial charge < -0.3 is 20.5 Å². The van der Waals surface area contributed by atoms with Crippen molar-refractivity contribution < 1.29 is 9.84 Å². The molecule has 0 saturated carbocycles. The number of anilines is 1. The first-order chi connectivity index (χ1) is 9.15. The quantitative estimate of drug-likeness (QED) is 0.854. The molecule has 0 fully saturated rings. The van der Waals surface area contributed by atoms with E-state index < -0.39 is 6.10 Å². The van der Waals surface area contributed by atoms with Gasteiger partial charge in [-0.05, 0) is 43.5 Å². The lowest BCUT2D eigenvalue weighted by atomic mass is 10.0. The summed E-state index contributed by atoms with van der Waals surface area (Å²) in [5.74, 6) is 0.912. The summed E-state index contributed by atoms with van der Waals surface area (Å²) in [6.07, 6.45) is 2.36. The smallest absolute Gasteiger partial charge is 0.143 e. The number of fused-ring (bicyclic) bond motifs is 1. The highest BCUT2D eigenvalue weighted by atomic mass is 16.5. The second-order valence-corrected chi connectivity index (χ2v) is 5.20. The zero-order chi connectivity index (χ0) is 13.8. The first-order valence-electron chi connectivity index (χ1n) is 7.05. The minimum atomic E-state index is -0.439. The normalized spacial score (nSPS) is 19.8. The Balaban J connectivity index is 2.17. The van der Waals surface area contributed by atoms with Crippen LogP contribution in [-0.2, 0) is 0 Å². The molecule has 2 atom stereocenters. The minimum absolute atomic E-state index is 0.255. The van der Waals surface area contributed by atoms with Crippen molar-refractivity contribution in [1.82, 2.24) is 0 Å². The predicted molar refractivity (Wildman–Crippen MR) is 77.7 cm³/mol. The van der Waals surface area contributed by atoms with Crippen LogP contribution in [0.2, 0.25) is 0 Å². The largest absolute Gasteiger partial charge is 0.486 e. The molecule has 2 rings (SSSR count). The number of aliphatic hydroxyl groups is 1. The van der Waals surface area contributed by atoms with Gasteiger partial charge in [0.05, 0.1) is 18.3 Å². The van der Waals surface area contributed by atoms with Crippen molar-refractivity contribution in [2.24, 2.45) is 5.73 Å². The Labute approximate surface area is 115 Å². The van der Waals surface area contributed by atoms with Gasteiger partial charge in [0.1, 0.15) is 11.9 Å². The molecular formula is C15H24N2O2. The van der Waals surface area contributed by atoms with Gasteiger partial charge in [0.2, 0.25) is 0 Å². The molecule has 3 N–H and O–H groups in total. The van der Waals surface area contributed by atoms with Crippen molar-refractivity contribution in [2.75, 3.05) is 25.0 Å². The molecule has 2 unspecified atom stereocenters. The number of benzene rings is 1. The molecule has 1 heterocycles. The molecule has 19 heavy (non-hydrogen) atoms. The molecule has 0 radical (unpaired) electrons. The molecular weight excluding hydrogens is 240 g/mol. The third kappa shape index (κ3) is 3.19. The Kier molecular flexibility index (Phi) is 4.66. The van der Waals surface area contributed by atoms with Gasteiger partial charge in [-0.25, -0.2) is 0 Å². The third-order valence-electron chi connectivity index (χ3n) is 3.69. The van der Waals surface area contributed by atoms with Crippen LogP contribution in [0, 0.1) is 0 Å². The fourth-order valence-corrected chi connectivity index (χ4v) is 2.45. The first-order valence-corrected chi connectivity index (χ1v) is 7.05. The molecule has 0 spiro atoms. The van der Waals surface area contributed by atoms with Crippen molar-refractivity contribution in [3.63, 3.8) is 0 Å². The SMILES string of the molecule is CCC1CN(C)c2cc(C(O)CCCN)ccc2O1. The summed E-state index contributed by atoms with van der Waals surface area (Å²) in [7, 11) is 2.07. The summed E-state index contributed by atoms with van der Waals surface area (Å²) in [4.78, 5) is 2.20. The van der Waals surface area contributed by atoms with Gasteiger partial charge in [0, 0.05) is 7.05 Å². The highest BCUT2D eigenvalue weighted by Gasteiger charge is 2.23. The molecule has 0 aliphatic carbocycles. The van der Waals surface area contributed by atoms with Crippen LogP contribution in [-0.4, -0.2) is 31.3 Å². The van der Waals surface area contributed by atoms with E-state index >= 15 is 0 Å². The van der Waals surface area contributed by atoms with E-state index in [0.29, 0.717) is 13.0 Å². The van der Waals surface area contributed by atoms with Crippen LogP contribution in [0.15, 0.2) is 18.2 Å². The average Bonchev–Trinajstić information content (AvgIpc) is 2.44. The van der Waals surface area contributed by atoms with E-state index in [1.165, 1.54) is 0 Å². The zero-order valence-corrected chi connectivity index (χ0v) is 11.8. The standard InChI is InChI=1S/C15H24N2O2/c1-3-12-10-17(2)13-9-11(6-7-15(13)19-12)14(18)5-4-8-16/h6-7,9,12,14,18H,3-5,8,10,16H2,1-2H3. The Hall–Kier alpha value is -1.26. The molecule has 1 aliphatic heterocycles. The third-order valence-corrected chi connectivity index (χ3v) is 3.69. The lowest BCUT2D eigenvalue weighted by Crippen LogP contribution is -2.37. The van der Waals surface area contributed by atoms with Crippen molar-refractivity contribution in [3.05, 3.63) is 23.8 Å². The number of likely N-dealkylation sites (N-methyl/N-ethyl adjacent to an activating group) is 1. The van der Waals surface area contributed by atoms with Crippen LogP contribution in [0.5, 0.6) is 5.75 Å². The fraction of sp³-hybridized carbons (Fsp3) is 0.600. The lowest BCUT2D eigenvalue weighted by molar-refractivity contribution is 0.164. The monoisotopic (exact) mass is 264 g/mol. The number of aliphatic hydroxyl groups excluding tert-OH is 1. The maximum absolute atomic E-state index is 10.1. The highest BCUT2D eigenvalue weighted by Crippen LogP contribution is 2.35. The van der Waals surface area contributed by atoms with Gasteiger partial charge in [0.15, 0.2) is 0 Å². The summed E-state index contributed by atoms with van der Waals surface area (Å²) in [5, 5.41) is 10.1. The van der Waals surface area contributed by atoms with Gasteiger partial charge in [-0.15, -0.1) is 0 Å². The Bertz CT molecular complexity index is 423. The molecule has 106 valence electrons. The average molecular weight is 264 g/mol. The summed E-state index contributed by atoms with van der Waals surface area (Å²) >= 11 is 0. The molecule has 4 nitrogen and oxygen atoms in total. The van der Waals surface area contributed by atoms with E-state index in [1.807, 2.05) is 18.2 Å². The van der Waals surface area contributed by atoms with E-state index in [1.54, 1.807) is 0 Å². The van der Waals surface area contributed by atoms with Gasteiger partial charge in [-0.1, -0.05) is 13.0 Å². The Morgan fingerprint density at radius 3 is 3.00 bits per heavy atom. The van der Waals surface area contributed by atoms with Crippen molar-refractivity contribution in [1.29, 1.82) is 0 Å². The van der Waals surface area contributed by atoms with Crippen LogP contribution in [0.1, 0.15) is 37.9 Å². The molecule has 0 bridgehead atoms. The van der Waals surface area contributed by atoms with Crippen molar-refractivity contribution in [2.45, 2.75) is 38.4 Å². The number of hydrogen-bond acceptors (Lipinski definition) is 4. The number of nitrogens with zero attached hydrogens (tertiary/aromatic N) is 1. The summed E-state index contributed by atoms with van der Waals surface area (Å²) in [5.41, 5.74) is 7.49. The van der Waals surface area contributed by atoms with E-state index in [2.05, 4.69) is 18.9 Å². The zero-order valence-electron chi connectivity index (χ0n) is 11.8. The number of nitrogens with two attached hydrogens (primary N) is 1. The molecule has 1 aromatic rings. The van der Waals surface area contributed by atoms with Gasteiger partial charge in [-0.2, -0.15) is 0 Å². The van der Waals surface area contributed by atoms with Crippen LogP contribution in [0.3, 0.4) is 0 Å². The Morgan fingerprint density at radius 2 is 2.32 bits per heavy atom. The molecule has 0 aromatic heterocycles. The maximum atomic E-state index is 10.1. The lowest BCUT2D eigenvalue weighted by Gasteiger charge is -2.34. The number of hydrogen-bond donors (Lipinski definition) is 2. The van der Waals surface area contributed by atoms with E-state index in [0.717, 1.165) is 36.4 Å². The molecule has 0 saturated heterocycles. The van der Waals surface area contributed by atoms with Crippen molar-refractivity contribution >= 4 is 5.69 Å². The van der Waals surface area contributed by atoms with Gasteiger partial charge >= 0.3 is 0 Å². The first kappa shape index (κ1) is 14.2. The minimum Gasteiger partial charge on any atom is -0.486 e. The van der Waals surface area contributed by atoms with E-state index in [-0.39, 0.29) is 6.10 Å². The maximum Gasteiger partial charge on any atom is 0.143 e. The second-order valence-electron chi connectivity index (χ2n) is 5.20. The molecule has 0 amide bonds. The molecule has 1 aliphatic rings. The highest BCUT2D eigenvalue weighted by molar-refractivity contribution is 5.61. The van der Waals surface area contributed by atoms with Gasteiger partial charge in [0.25, 0.3) is 0 Å². The van der Waals surface area contributed by atoms with Crippen LogP contribution in [0.4, 0.5) is 5.69 Å². The van der Waals surface area contributed by atoms with Gasteiger partial charge in [-0.3, -0.25) is 0 Å². The fourth-order valence-electron chi connectivity index (χ4n) is 2.45. The molecule has 4 heteroatoms. The van der Waals surface area contributed by atoms with Crippen LogP contribution < -0.4 is 15.4 Å². The van der Waals surface area contributed by atoms with Crippen molar-refractivity contribution in [3.8, 4) is 5.75 Å².